The van der Waals surface area contributed by atoms with Gasteiger partial charge in [-0.3, -0.25) is 9.78 Å². The molecule has 1 fully saturated rings. The van der Waals surface area contributed by atoms with Gasteiger partial charge in [-0.2, -0.15) is 0 Å². The molecule has 6 heteroatoms. The summed E-state index contributed by atoms with van der Waals surface area (Å²) in [6, 6.07) is 21.0. The maximum Gasteiger partial charge on any atom is 0.257 e. The van der Waals surface area contributed by atoms with Crippen molar-refractivity contribution in [1.82, 2.24) is 15.2 Å². The van der Waals surface area contributed by atoms with E-state index in [1.54, 1.807) is 17.5 Å². The maximum atomic E-state index is 13.7. The van der Waals surface area contributed by atoms with Gasteiger partial charge in [-0.15, -0.1) is 11.3 Å². The number of rotatable bonds is 7. The number of nitrogens with zero attached hydrogens (tertiary/aromatic N) is 2. The van der Waals surface area contributed by atoms with Gasteiger partial charge >= 0.3 is 0 Å². The minimum Gasteiger partial charge on any atom is -0.379 e. The molecule has 34 heavy (non-hydrogen) atoms. The van der Waals surface area contributed by atoms with Gasteiger partial charge in [0.25, 0.3) is 5.91 Å². The van der Waals surface area contributed by atoms with Gasteiger partial charge in [-0.1, -0.05) is 60.7 Å². The number of aromatic nitrogens is 1. The lowest BCUT2D eigenvalue weighted by atomic mass is 9.89. The Bertz CT molecular complexity index is 1250. The normalized spacial score (nSPS) is 14.4. The van der Waals surface area contributed by atoms with Crippen LogP contribution in [0.1, 0.15) is 45.8 Å². The smallest absolute Gasteiger partial charge is 0.257 e. The fourth-order valence-corrected chi connectivity index (χ4v) is 5.82. The molecule has 2 N–H and O–H groups in total. The minimum absolute atomic E-state index is 0.0695. The molecule has 0 bridgehead atoms. The minimum atomic E-state index is 0.0695. The number of carbonyl (C=O) groups excluding carboxylic acids is 1. The number of pyridine rings is 1. The lowest BCUT2D eigenvalue weighted by molar-refractivity contribution is 0.0713. The molecular weight excluding hydrogens is 440 g/mol. The molecule has 1 aliphatic heterocycles. The Morgan fingerprint density at radius 1 is 1.03 bits per heavy atom. The summed E-state index contributed by atoms with van der Waals surface area (Å²) >= 11 is 1.66. The molecule has 0 saturated carbocycles. The van der Waals surface area contributed by atoms with Crippen LogP contribution in [0.3, 0.4) is 0 Å². The van der Waals surface area contributed by atoms with Gasteiger partial charge in [0.15, 0.2) is 0 Å². The van der Waals surface area contributed by atoms with E-state index in [1.807, 2.05) is 30.1 Å². The largest absolute Gasteiger partial charge is 0.379 e. The Hall–Kier alpha value is -3.22. The Kier molecular flexibility index (Phi) is 6.88. The molecule has 0 radical (unpaired) electrons. The number of anilines is 1. The van der Waals surface area contributed by atoms with E-state index in [0.717, 1.165) is 53.9 Å². The molecule has 1 saturated heterocycles. The highest BCUT2D eigenvalue weighted by molar-refractivity contribution is 7.18. The fraction of sp³-hybridized carbons (Fsp3) is 0.286. The number of hydrogen-bond donors (Lipinski definition) is 2. The number of amides is 1. The summed E-state index contributed by atoms with van der Waals surface area (Å²) in [6.07, 6.45) is 3.75. The van der Waals surface area contributed by atoms with Crippen LogP contribution in [-0.2, 0) is 13.1 Å². The predicted molar refractivity (Wildman–Crippen MR) is 140 cm³/mol. The average molecular weight is 471 g/mol. The third-order valence-electron chi connectivity index (χ3n) is 6.62. The van der Waals surface area contributed by atoms with Gasteiger partial charge in [0.1, 0.15) is 0 Å². The number of thiophene rings is 1. The molecule has 174 valence electrons. The molecule has 2 aromatic carbocycles. The van der Waals surface area contributed by atoms with E-state index in [2.05, 4.69) is 58.5 Å². The van der Waals surface area contributed by atoms with Crippen molar-refractivity contribution < 1.29 is 4.79 Å². The van der Waals surface area contributed by atoms with E-state index < -0.39 is 0 Å². The lowest BCUT2D eigenvalue weighted by Crippen LogP contribution is -2.38. The fourth-order valence-electron chi connectivity index (χ4n) is 4.77. The number of piperidine rings is 1. The zero-order valence-electron chi connectivity index (χ0n) is 19.5. The van der Waals surface area contributed by atoms with Gasteiger partial charge in [-0.05, 0) is 42.3 Å². The van der Waals surface area contributed by atoms with E-state index in [0.29, 0.717) is 18.0 Å². The molecule has 5 nitrogen and oxygen atoms in total. The summed E-state index contributed by atoms with van der Waals surface area (Å²) in [5.41, 5.74) is 6.25. The molecular formula is C28H30N4OS. The second kappa shape index (κ2) is 10.4. The van der Waals surface area contributed by atoms with Crippen molar-refractivity contribution >= 4 is 33.1 Å². The zero-order valence-corrected chi connectivity index (χ0v) is 20.3. The first-order valence-corrected chi connectivity index (χ1v) is 12.8. The summed E-state index contributed by atoms with van der Waals surface area (Å²) in [6.45, 7) is 2.95. The van der Waals surface area contributed by atoms with Crippen LogP contribution >= 0.6 is 11.3 Å². The number of hydrogen-bond acceptors (Lipinski definition) is 5. The SMILES string of the molecule is CNCc1csc2c(NCc3ccccc3)c(C(=O)N3CCC(c4ccccc4)CC3)cnc12. The van der Waals surface area contributed by atoms with E-state index >= 15 is 0 Å². The summed E-state index contributed by atoms with van der Waals surface area (Å²) in [5, 5.41) is 8.94. The maximum absolute atomic E-state index is 13.7. The van der Waals surface area contributed by atoms with E-state index in [9.17, 15) is 4.79 Å². The van der Waals surface area contributed by atoms with Crippen molar-refractivity contribution in [3.63, 3.8) is 0 Å². The number of nitrogens with one attached hydrogen (secondary N) is 2. The van der Waals surface area contributed by atoms with E-state index in [4.69, 9.17) is 4.98 Å². The highest BCUT2D eigenvalue weighted by atomic mass is 32.1. The van der Waals surface area contributed by atoms with Crippen LogP contribution in [0.15, 0.2) is 72.2 Å². The molecule has 1 amide bonds. The van der Waals surface area contributed by atoms with Crippen molar-refractivity contribution in [2.24, 2.45) is 0 Å². The average Bonchev–Trinajstić information content (AvgIpc) is 3.31. The summed E-state index contributed by atoms with van der Waals surface area (Å²) in [4.78, 5) is 20.4. The molecule has 5 rings (SSSR count). The standard InChI is InChI=1S/C28H30N4OS/c1-29-17-23-19-34-27-25(23)31-18-24(26(27)30-16-20-8-4-2-5-9-20)28(33)32-14-12-22(13-15-32)21-10-6-3-7-11-21/h2-11,18-19,22,29H,12-17H2,1H3,(H,30,31). The Morgan fingerprint density at radius 2 is 1.74 bits per heavy atom. The van der Waals surface area contributed by atoms with Gasteiger partial charge in [-0.25, -0.2) is 0 Å². The summed E-state index contributed by atoms with van der Waals surface area (Å²) < 4.78 is 1.05. The summed E-state index contributed by atoms with van der Waals surface area (Å²) in [5.74, 6) is 0.586. The Labute approximate surface area is 204 Å². The first-order valence-electron chi connectivity index (χ1n) is 11.9. The molecule has 3 heterocycles. The molecule has 0 atom stereocenters. The van der Waals surface area contributed by atoms with Crippen LogP contribution in [0, 0.1) is 0 Å². The molecule has 1 aliphatic rings. The number of benzene rings is 2. The molecule has 0 unspecified atom stereocenters. The van der Waals surface area contributed by atoms with Crippen LogP contribution in [0.4, 0.5) is 5.69 Å². The van der Waals surface area contributed by atoms with Crippen molar-refractivity contribution in [2.75, 3.05) is 25.5 Å². The summed E-state index contributed by atoms with van der Waals surface area (Å²) in [7, 11) is 1.94. The quantitative estimate of drug-likeness (QED) is 0.367. The first kappa shape index (κ1) is 22.6. The van der Waals surface area contributed by atoms with Crippen molar-refractivity contribution in [3.05, 3.63) is 94.5 Å². The zero-order chi connectivity index (χ0) is 23.3. The Morgan fingerprint density at radius 3 is 2.44 bits per heavy atom. The second-order valence-corrected chi connectivity index (χ2v) is 9.71. The van der Waals surface area contributed by atoms with Crippen LogP contribution < -0.4 is 10.6 Å². The lowest BCUT2D eigenvalue weighted by Gasteiger charge is -2.32. The Balaban J connectivity index is 1.40. The second-order valence-electron chi connectivity index (χ2n) is 8.83. The van der Waals surface area contributed by atoms with Crippen molar-refractivity contribution in [3.8, 4) is 0 Å². The molecule has 0 aliphatic carbocycles. The molecule has 0 spiro atoms. The first-order chi connectivity index (χ1) is 16.7. The number of likely N-dealkylation sites (tertiary alicyclic amines) is 1. The number of fused-ring (bicyclic) bond motifs is 1. The van der Waals surface area contributed by atoms with Gasteiger partial charge in [0.05, 0.1) is 21.5 Å². The van der Waals surface area contributed by atoms with Crippen molar-refractivity contribution in [2.45, 2.75) is 31.8 Å². The third kappa shape index (κ3) is 4.69. The van der Waals surface area contributed by atoms with Gasteiger partial charge < -0.3 is 15.5 Å². The highest BCUT2D eigenvalue weighted by Crippen LogP contribution is 2.35. The third-order valence-corrected chi connectivity index (χ3v) is 7.66. The highest BCUT2D eigenvalue weighted by Gasteiger charge is 2.27. The van der Waals surface area contributed by atoms with E-state index in [-0.39, 0.29) is 5.91 Å². The van der Waals surface area contributed by atoms with E-state index in [1.165, 1.54) is 11.1 Å². The van der Waals surface area contributed by atoms with Crippen LogP contribution in [0.2, 0.25) is 0 Å². The van der Waals surface area contributed by atoms with Gasteiger partial charge in [0, 0.05) is 37.9 Å². The van der Waals surface area contributed by atoms with Crippen molar-refractivity contribution in [1.29, 1.82) is 0 Å². The monoisotopic (exact) mass is 470 g/mol. The van der Waals surface area contributed by atoms with Crippen LogP contribution in [-0.4, -0.2) is 35.9 Å². The molecule has 2 aromatic heterocycles. The number of carbonyl (C=O) groups is 1. The molecule has 4 aromatic rings. The van der Waals surface area contributed by atoms with Gasteiger partial charge in [0.2, 0.25) is 0 Å². The van der Waals surface area contributed by atoms with Crippen LogP contribution in [0.25, 0.3) is 10.2 Å². The van der Waals surface area contributed by atoms with Crippen LogP contribution in [0.5, 0.6) is 0 Å². The predicted octanol–water partition coefficient (Wildman–Crippen LogP) is 5.65. The topological polar surface area (TPSA) is 57.3 Å².